The molecular weight excluding hydrogens is 202 g/mol. The highest BCUT2D eigenvalue weighted by atomic mass is 32.2. The van der Waals surface area contributed by atoms with E-state index in [4.69, 9.17) is 0 Å². The highest BCUT2D eigenvalue weighted by molar-refractivity contribution is 8.00. The van der Waals surface area contributed by atoms with Crippen molar-refractivity contribution >= 4 is 11.8 Å². The topological polar surface area (TPSA) is 12.0 Å². The van der Waals surface area contributed by atoms with Crippen LogP contribution in [0.15, 0.2) is 0 Å². The fourth-order valence-electron chi connectivity index (χ4n) is 2.85. The molecule has 1 aliphatic carbocycles. The summed E-state index contributed by atoms with van der Waals surface area (Å²) in [6.45, 7) is 2.53. The molecule has 1 heterocycles. The minimum atomic E-state index is 0.927. The summed E-state index contributed by atoms with van der Waals surface area (Å²) in [5.41, 5.74) is 0. The van der Waals surface area contributed by atoms with Gasteiger partial charge in [-0.15, -0.1) is 0 Å². The third kappa shape index (κ3) is 4.36. The molecule has 1 saturated carbocycles. The summed E-state index contributed by atoms with van der Waals surface area (Å²) in [7, 11) is 0. The van der Waals surface area contributed by atoms with Gasteiger partial charge in [0.25, 0.3) is 0 Å². The second kappa shape index (κ2) is 6.80. The van der Waals surface area contributed by atoms with Gasteiger partial charge in [0.2, 0.25) is 0 Å². The second-order valence-corrected chi connectivity index (χ2v) is 6.54. The molecule has 1 nitrogen and oxygen atoms in total. The highest BCUT2D eigenvalue weighted by Gasteiger charge is 2.15. The third-order valence-electron chi connectivity index (χ3n) is 3.85. The van der Waals surface area contributed by atoms with Crippen LogP contribution in [0.5, 0.6) is 0 Å². The molecule has 1 unspecified atom stereocenters. The predicted molar refractivity (Wildman–Crippen MR) is 69.5 cm³/mol. The predicted octanol–water partition coefficient (Wildman–Crippen LogP) is 3.44. The molecule has 88 valence electrons. The molecular formula is C13H25NS. The van der Waals surface area contributed by atoms with Crippen LogP contribution in [0.1, 0.15) is 51.4 Å². The first kappa shape index (κ1) is 11.8. The van der Waals surface area contributed by atoms with E-state index in [1.807, 2.05) is 0 Å². The van der Waals surface area contributed by atoms with Crippen LogP contribution in [-0.4, -0.2) is 24.1 Å². The van der Waals surface area contributed by atoms with Gasteiger partial charge in [-0.2, -0.15) is 11.8 Å². The molecule has 1 N–H and O–H groups in total. The Morgan fingerprint density at radius 1 is 1.00 bits per heavy atom. The minimum absolute atomic E-state index is 0.927. The van der Waals surface area contributed by atoms with Crippen molar-refractivity contribution in [3.8, 4) is 0 Å². The average molecular weight is 227 g/mol. The maximum Gasteiger partial charge on any atom is 0.0172 e. The van der Waals surface area contributed by atoms with Crippen LogP contribution in [0.4, 0.5) is 0 Å². The zero-order valence-electron chi connectivity index (χ0n) is 9.84. The van der Waals surface area contributed by atoms with E-state index in [1.54, 1.807) is 0 Å². The average Bonchev–Trinajstić information content (AvgIpc) is 2.79. The molecule has 0 radical (unpaired) electrons. The first-order valence-corrected chi connectivity index (χ1v) is 7.82. The van der Waals surface area contributed by atoms with Crippen molar-refractivity contribution in [1.29, 1.82) is 0 Å². The maximum atomic E-state index is 3.65. The van der Waals surface area contributed by atoms with E-state index in [9.17, 15) is 0 Å². The number of rotatable bonds is 5. The van der Waals surface area contributed by atoms with E-state index in [1.165, 1.54) is 70.2 Å². The van der Waals surface area contributed by atoms with Gasteiger partial charge in [0.15, 0.2) is 0 Å². The summed E-state index contributed by atoms with van der Waals surface area (Å²) in [4.78, 5) is 0. The molecule has 2 rings (SSSR count). The second-order valence-electron chi connectivity index (χ2n) is 5.13. The van der Waals surface area contributed by atoms with Gasteiger partial charge in [-0.1, -0.05) is 32.1 Å². The maximum absolute atomic E-state index is 3.65. The summed E-state index contributed by atoms with van der Waals surface area (Å²) < 4.78 is 0. The van der Waals surface area contributed by atoms with Crippen LogP contribution in [0.2, 0.25) is 0 Å². The Hall–Kier alpha value is 0.310. The van der Waals surface area contributed by atoms with Crippen LogP contribution in [0, 0.1) is 5.92 Å². The van der Waals surface area contributed by atoms with Gasteiger partial charge in [0, 0.05) is 11.8 Å². The minimum Gasteiger partial charge on any atom is -0.316 e. The Labute approximate surface area is 98.8 Å². The standard InChI is InChI=1S/C13H25NS/c1-2-5-12(6-3-1)8-9-14-11-13-7-4-10-15-13/h12-14H,1-11H2. The molecule has 1 aliphatic heterocycles. The van der Waals surface area contributed by atoms with Crippen molar-refractivity contribution in [3.63, 3.8) is 0 Å². The number of nitrogens with one attached hydrogen (secondary N) is 1. The van der Waals surface area contributed by atoms with E-state index < -0.39 is 0 Å². The van der Waals surface area contributed by atoms with Crippen LogP contribution >= 0.6 is 11.8 Å². The van der Waals surface area contributed by atoms with E-state index in [0.29, 0.717) is 0 Å². The van der Waals surface area contributed by atoms with E-state index in [-0.39, 0.29) is 0 Å². The lowest BCUT2D eigenvalue weighted by Gasteiger charge is -2.21. The normalized spacial score (nSPS) is 28.4. The molecule has 1 atom stereocenters. The molecule has 0 bridgehead atoms. The summed E-state index contributed by atoms with van der Waals surface area (Å²) >= 11 is 2.17. The molecule has 0 aromatic rings. The van der Waals surface area contributed by atoms with Crippen molar-refractivity contribution in [2.75, 3.05) is 18.8 Å². The number of hydrogen-bond donors (Lipinski definition) is 1. The molecule has 0 amide bonds. The zero-order chi connectivity index (χ0) is 10.3. The Balaban J connectivity index is 1.47. The first-order chi connectivity index (χ1) is 7.45. The van der Waals surface area contributed by atoms with Crippen LogP contribution in [-0.2, 0) is 0 Å². The lowest BCUT2D eigenvalue weighted by atomic mass is 9.87. The lowest BCUT2D eigenvalue weighted by molar-refractivity contribution is 0.334. The van der Waals surface area contributed by atoms with Crippen molar-refractivity contribution in [3.05, 3.63) is 0 Å². The van der Waals surface area contributed by atoms with Crippen molar-refractivity contribution in [1.82, 2.24) is 5.32 Å². The fraction of sp³-hybridized carbons (Fsp3) is 1.00. The Morgan fingerprint density at radius 3 is 2.60 bits per heavy atom. The van der Waals surface area contributed by atoms with Crippen LogP contribution in [0.25, 0.3) is 0 Å². The molecule has 0 aromatic heterocycles. The van der Waals surface area contributed by atoms with E-state index in [2.05, 4.69) is 17.1 Å². The van der Waals surface area contributed by atoms with E-state index >= 15 is 0 Å². The SMILES string of the molecule is C1CCC(CCNCC2CCCS2)CC1. The first-order valence-electron chi connectivity index (χ1n) is 6.77. The molecule has 2 heteroatoms. The monoisotopic (exact) mass is 227 g/mol. The molecule has 2 aliphatic rings. The molecule has 1 saturated heterocycles. The summed E-state index contributed by atoms with van der Waals surface area (Å²) in [6, 6.07) is 0. The molecule has 2 fully saturated rings. The van der Waals surface area contributed by atoms with E-state index in [0.717, 1.165) is 11.2 Å². The van der Waals surface area contributed by atoms with Crippen LogP contribution < -0.4 is 5.32 Å². The van der Waals surface area contributed by atoms with Gasteiger partial charge < -0.3 is 5.32 Å². The Morgan fingerprint density at radius 2 is 1.87 bits per heavy atom. The van der Waals surface area contributed by atoms with Gasteiger partial charge in [-0.3, -0.25) is 0 Å². The lowest BCUT2D eigenvalue weighted by Crippen LogP contribution is -2.25. The van der Waals surface area contributed by atoms with Crippen molar-refractivity contribution in [2.45, 2.75) is 56.6 Å². The molecule has 0 spiro atoms. The Kier molecular flexibility index (Phi) is 5.34. The largest absolute Gasteiger partial charge is 0.316 e. The fourth-order valence-corrected chi connectivity index (χ4v) is 4.09. The zero-order valence-corrected chi connectivity index (χ0v) is 10.7. The summed E-state index contributed by atoms with van der Waals surface area (Å²) in [5, 5.41) is 4.58. The van der Waals surface area contributed by atoms with Gasteiger partial charge in [-0.05, 0) is 37.5 Å². The third-order valence-corrected chi connectivity index (χ3v) is 5.25. The number of hydrogen-bond acceptors (Lipinski definition) is 2. The van der Waals surface area contributed by atoms with Gasteiger partial charge in [-0.25, -0.2) is 0 Å². The van der Waals surface area contributed by atoms with Gasteiger partial charge in [0.1, 0.15) is 0 Å². The quantitative estimate of drug-likeness (QED) is 0.722. The molecule has 0 aromatic carbocycles. The summed E-state index contributed by atoms with van der Waals surface area (Å²) in [6.07, 6.45) is 11.8. The van der Waals surface area contributed by atoms with Crippen molar-refractivity contribution < 1.29 is 0 Å². The Bertz CT molecular complexity index is 160. The molecule has 15 heavy (non-hydrogen) atoms. The van der Waals surface area contributed by atoms with Gasteiger partial charge in [0.05, 0.1) is 0 Å². The van der Waals surface area contributed by atoms with Crippen molar-refractivity contribution in [2.24, 2.45) is 5.92 Å². The van der Waals surface area contributed by atoms with Crippen LogP contribution in [0.3, 0.4) is 0 Å². The number of thioether (sulfide) groups is 1. The summed E-state index contributed by atoms with van der Waals surface area (Å²) in [5.74, 6) is 2.44. The van der Waals surface area contributed by atoms with Gasteiger partial charge >= 0.3 is 0 Å². The highest BCUT2D eigenvalue weighted by Crippen LogP contribution is 2.26. The smallest absolute Gasteiger partial charge is 0.0172 e.